The molecule has 1 aromatic carbocycles. The van der Waals surface area contributed by atoms with Crippen molar-refractivity contribution in [3.05, 3.63) is 35.9 Å². The molecule has 0 amide bonds. The van der Waals surface area contributed by atoms with Crippen LogP contribution in [-0.4, -0.2) is 19.1 Å². The summed E-state index contributed by atoms with van der Waals surface area (Å²) in [6, 6.07) is 9.86. The van der Waals surface area contributed by atoms with Gasteiger partial charge in [0.15, 0.2) is 0 Å². The topological polar surface area (TPSA) is 38.3 Å². The van der Waals surface area contributed by atoms with Gasteiger partial charge in [0, 0.05) is 0 Å². The Morgan fingerprint density at radius 1 is 1.20 bits per heavy atom. The van der Waals surface area contributed by atoms with Crippen LogP contribution in [0.25, 0.3) is 0 Å². The molecule has 3 heteroatoms. The molecule has 0 radical (unpaired) electrons. The summed E-state index contributed by atoms with van der Waals surface area (Å²) in [7, 11) is 0. The second-order valence-electron chi connectivity index (χ2n) is 5.82. The molecular weight excluding hydrogens is 250 g/mol. The molecule has 0 spiro atoms. The van der Waals surface area contributed by atoms with E-state index in [-0.39, 0.29) is 11.9 Å². The molecule has 1 aromatic rings. The lowest BCUT2D eigenvalue weighted by Crippen LogP contribution is -2.55. The quantitative estimate of drug-likeness (QED) is 0.777. The molecule has 0 aliphatic rings. The summed E-state index contributed by atoms with van der Waals surface area (Å²) in [6.07, 6.45) is 0. The zero-order valence-electron chi connectivity index (χ0n) is 13.3. The summed E-state index contributed by atoms with van der Waals surface area (Å²) in [5.74, 6) is 0.371. The lowest BCUT2D eigenvalue weighted by atomic mass is 9.79. The summed E-state index contributed by atoms with van der Waals surface area (Å²) in [6.45, 7) is 11.4. The van der Waals surface area contributed by atoms with Gasteiger partial charge >= 0.3 is 5.97 Å². The summed E-state index contributed by atoms with van der Waals surface area (Å²) in [5.41, 5.74) is 0.191. The van der Waals surface area contributed by atoms with E-state index in [0.717, 1.165) is 12.1 Å². The summed E-state index contributed by atoms with van der Waals surface area (Å²) in [5, 5.41) is 3.46. The Morgan fingerprint density at radius 3 is 2.25 bits per heavy atom. The van der Waals surface area contributed by atoms with E-state index >= 15 is 0 Å². The van der Waals surface area contributed by atoms with Crippen molar-refractivity contribution in [2.24, 2.45) is 11.8 Å². The van der Waals surface area contributed by atoms with E-state index in [9.17, 15) is 4.79 Å². The van der Waals surface area contributed by atoms with Crippen molar-refractivity contribution in [3.63, 3.8) is 0 Å². The molecule has 0 saturated heterocycles. The Labute approximate surface area is 122 Å². The molecule has 0 aliphatic carbocycles. The average Bonchev–Trinajstić information content (AvgIpc) is 2.40. The first-order valence-electron chi connectivity index (χ1n) is 7.42. The van der Waals surface area contributed by atoms with Crippen molar-refractivity contribution in [1.82, 2.24) is 5.32 Å². The SMILES string of the molecule is CCOC(=O)C(NCC(C)C)(c1ccccc1)C(C)C. The van der Waals surface area contributed by atoms with E-state index in [0.29, 0.717) is 12.5 Å². The summed E-state index contributed by atoms with van der Waals surface area (Å²) >= 11 is 0. The van der Waals surface area contributed by atoms with Crippen LogP contribution in [0.4, 0.5) is 0 Å². The molecule has 1 atom stereocenters. The minimum absolute atomic E-state index is 0.0997. The van der Waals surface area contributed by atoms with Crippen LogP contribution >= 0.6 is 0 Å². The maximum atomic E-state index is 12.6. The van der Waals surface area contributed by atoms with Gasteiger partial charge in [-0.3, -0.25) is 5.32 Å². The monoisotopic (exact) mass is 277 g/mol. The number of hydrogen-bond acceptors (Lipinski definition) is 3. The third-order valence-electron chi connectivity index (χ3n) is 3.48. The smallest absolute Gasteiger partial charge is 0.331 e. The molecule has 0 aromatic heterocycles. The van der Waals surface area contributed by atoms with Crippen molar-refractivity contribution in [3.8, 4) is 0 Å². The van der Waals surface area contributed by atoms with Gasteiger partial charge in [-0.2, -0.15) is 0 Å². The van der Waals surface area contributed by atoms with Gasteiger partial charge in [0.1, 0.15) is 5.54 Å². The minimum Gasteiger partial charge on any atom is -0.464 e. The van der Waals surface area contributed by atoms with Gasteiger partial charge in [-0.25, -0.2) is 4.79 Å². The third-order valence-corrected chi connectivity index (χ3v) is 3.48. The van der Waals surface area contributed by atoms with Gasteiger partial charge < -0.3 is 4.74 Å². The van der Waals surface area contributed by atoms with Crippen LogP contribution in [-0.2, 0) is 15.1 Å². The molecule has 3 nitrogen and oxygen atoms in total. The van der Waals surface area contributed by atoms with E-state index in [1.165, 1.54) is 0 Å². The van der Waals surface area contributed by atoms with Crippen LogP contribution in [0.5, 0.6) is 0 Å². The lowest BCUT2D eigenvalue weighted by molar-refractivity contribution is -0.154. The number of rotatable bonds is 7. The predicted octanol–water partition coefficient (Wildman–Crippen LogP) is 3.35. The second kappa shape index (κ2) is 7.44. The van der Waals surface area contributed by atoms with E-state index in [4.69, 9.17) is 4.74 Å². The number of carbonyl (C=O) groups excluding carboxylic acids is 1. The highest BCUT2D eigenvalue weighted by Crippen LogP contribution is 2.31. The number of esters is 1. The first-order chi connectivity index (χ1) is 9.45. The highest BCUT2D eigenvalue weighted by atomic mass is 16.5. The zero-order chi connectivity index (χ0) is 15.2. The molecule has 0 saturated carbocycles. The Morgan fingerprint density at radius 2 is 1.80 bits per heavy atom. The van der Waals surface area contributed by atoms with Gasteiger partial charge in [-0.15, -0.1) is 0 Å². The summed E-state index contributed by atoms with van der Waals surface area (Å²) in [4.78, 5) is 12.6. The number of ether oxygens (including phenoxy) is 1. The van der Waals surface area contributed by atoms with Crippen LogP contribution in [0.2, 0.25) is 0 Å². The Kier molecular flexibility index (Phi) is 6.21. The van der Waals surface area contributed by atoms with E-state index in [1.807, 2.05) is 37.3 Å². The molecule has 20 heavy (non-hydrogen) atoms. The van der Waals surface area contributed by atoms with Crippen molar-refractivity contribution in [2.75, 3.05) is 13.2 Å². The normalized spacial score (nSPS) is 14.3. The van der Waals surface area contributed by atoms with Gasteiger partial charge in [0.2, 0.25) is 0 Å². The minimum atomic E-state index is -0.776. The highest BCUT2D eigenvalue weighted by Gasteiger charge is 2.44. The van der Waals surface area contributed by atoms with Crippen molar-refractivity contribution in [2.45, 2.75) is 40.2 Å². The zero-order valence-corrected chi connectivity index (χ0v) is 13.3. The maximum absolute atomic E-state index is 12.6. The first-order valence-corrected chi connectivity index (χ1v) is 7.42. The van der Waals surface area contributed by atoms with Crippen LogP contribution in [0.1, 0.15) is 40.2 Å². The summed E-state index contributed by atoms with van der Waals surface area (Å²) < 4.78 is 5.35. The molecule has 0 heterocycles. The predicted molar refractivity (Wildman–Crippen MR) is 82.4 cm³/mol. The van der Waals surface area contributed by atoms with Crippen LogP contribution in [0.15, 0.2) is 30.3 Å². The van der Waals surface area contributed by atoms with Crippen molar-refractivity contribution < 1.29 is 9.53 Å². The Bertz CT molecular complexity index is 414. The standard InChI is InChI=1S/C17H27NO2/c1-6-20-16(19)17(14(4)5,18-12-13(2)3)15-10-8-7-9-11-15/h7-11,13-14,18H,6,12H2,1-5H3. The molecule has 0 aliphatic heterocycles. The Hall–Kier alpha value is -1.35. The van der Waals surface area contributed by atoms with Crippen molar-refractivity contribution >= 4 is 5.97 Å². The number of nitrogens with one attached hydrogen (secondary N) is 1. The first kappa shape index (κ1) is 16.7. The molecule has 1 unspecified atom stereocenters. The van der Waals surface area contributed by atoms with Gasteiger partial charge in [-0.1, -0.05) is 58.0 Å². The number of hydrogen-bond donors (Lipinski definition) is 1. The third kappa shape index (κ3) is 3.60. The van der Waals surface area contributed by atoms with Crippen LogP contribution < -0.4 is 5.32 Å². The van der Waals surface area contributed by atoms with E-state index < -0.39 is 5.54 Å². The maximum Gasteiger partial charge on any atom is 0.331 e. The van der Waals surface area contributed by atoms with E-state index in [1.54, 1.807) is 0 Å². The molecule has 112 valence electrons. The molecular formula is C17H27NO2. The number of benzene rings is 1. The molecule has 0 fully saturated rings. The second-order valence-corrected chi connectivity index (χ2v) is 5.82. The lowest BCUT2D eigenvalue weighted by Gasteiger charge is -2.37. The highest BCUT2D eigenvalue weighted by molar-refractivity contribution is 5.83. The fourth-order valence-corrected chi connectivity index (χ4v) is 2.38. The van der Waals surface area contributed by atoms with Crippen LogP contribution in [0, 0.1) is 11.8 Å². The molecule has 1 N–H and O–H groups in total. The molecule has 0 bridgehead atoms. The van der Waals surface area contributed by atoms with E-state index in [2.05, 4.69) is 33.0 Å². The average molecular weight is 277 g/mol. The largest absolute Gasteiger partial charge is 0.464 e. The van der Waals surface area contributed by atoms with Gasteiger partial charge in [-0.05, 0) is 30.9 Å². The van der Waals surface area contributed by atoms with Crippen molar-refractivity contribution in [1.29, 1.82) is 0 Å². The van der Waals surface area contributed by atoms with Gasteiger partial charge in [0.05, 0.1) is 6.61 Å². The molecule has 1 rings (SSSR count). The fourth-order valence-electron chi connectivity index (χ4n) is 2.38. The fraction of sp³-hybridized carbons (Fsp3) is 0.588. The van der Waals surface area contributed by atoms with Crippen LogP contribution in [0.3, 0.4) is 0 Å². The van der Waals surface area contributed by atoms with Gasteiger partial charge in [0.25, 0.3) is 0 Å². The Balaban J connectivity index is 3.23. The number of carbonyl (C=O) groups is 1.